The van der Waals surface area contributed by atoms with Crippen molar-refractivity contribution in [3.63, 3.8) is 0 Å². The van der Waals surface area contributed by atoms with Crippen molar-refractivity contribution in [2.24, 2.45) is 5.73 Å². The molecule has 3 aromatic rings. The Labute approximate surface area is 222 Å². The second kappa shape index (κ2) is 11.2. The fourth-order valence-corrected chi connectivity index (χ4v) is 5.96. The average molecular weight is 537 g/mol. The van der Waals surface area contributed by atoms with E-state index in [1.54, 1.807) is 17.3 Å². The van der Waals surface area contributed by atoms with Gasteiger partial charge in [-0.3, -0.25) is 9.59 Å². The molecule has 0 radical (unpaired) electrons. The molecule has 0 bridgehead atoms. The number of amides is 2. The van der Waals surface area contributed by atoms with Crippen molar-refractivity contribution in [2.75, 3.05) is 18.8 Å². The number of benzene rings is 2. The molecule has 0 aliphatic carbocycles. The first-order valence-electron chi connectivity index (χ1n) is 12.4. The Morgan fingerprint density at radius 2 is 1.87 bits per heavy atom. The van der Waals surface area contributed by atoms with E-state index in [-0.39, 0.29) is 17.4 Å². The van der Waals surface area contributed by atoms with Crippen molar-refractivity contribution >= 4 is 32.7 Å². The van der Waals surface area contributed by atoms with Gasteiger partial charge >= 0.3 is 0 Å². The maximum absolute atomic E-state index is 12.3. The molecular formula is C28H32N4O5S. The topological polar surface area (TPSA) is 135 Å². The Balaban J connectivity index is 1.58. The molecule has 200 valence electrons. The SMILES string of the molecule is C=COC(=C)C(=O)NCc1ccc(-c2cc(C(N)=O)c3[nH]cc(C4CCN(S(=O)(=O)CC)CC4)c3c2)cc1. The first-order chi connectivity index (χ1) is 18.1. The van der Waals surface area contributed by atoms with Crippen LogP contribution in [0.5, 0.6) is 0 Å². The van der Waals surface area contributed by atoms with E-state index in [1.807, 2.05) is 36.5 Å². The highest BCUT2D eigenvalue weighted by molar-refractivity contribution is 7.89. The number of fused-ring (bicyclic) bond motifs is 1. The van der Waals surface area contributed by atoms with Gasteiger partial charge in [-0.2, -0.15) is 0 Å². The number of hydrogen-bond acceptors (Lipinski definition) is 5. The van der Waals surface area contributed by atoms with Gasteiger partial charge in [0.1, 0.15) is 0 Å². The monoisotopic (exact) mass is 536 g/mol. The van der Waals surface area contributed by atoms with Gasteiger partial charge < -0.3 is 20.8 Å². The molecular weight excluding hydrogens is 504 g/mol. The fourth-order valence-electron chi connectivity index (χ4n) is 4.83. The Kier molecular flexibility index (Phi) is 8.03. The molecule has 10 heteroatoms. The molecule has 2 aromatic carbocycles. The standard InChI is InChI=1S/C28H32N4O5S/c1-4-37-18(3)28(34)31-16-19-6-8-20(9-7-19)22-14-23-25(17-30-26(23)24(15-22)27(29)33)21-10-12-32(13-11-21)38(35,36)5-2/h4,6-9,14-15,17,21,30H,1,3,5,10-13,16H2,2H3,(H2,29,33)(H,31,34). The number of nitrogens with one attached hydrogen (secondary N) is 2. The van der Waals surface area contributed by atoms with Crippen LogP contribution in [-0.2, 0) is 26.1 Å². The summed E-state index contributed by atoms with van der Waals surface area (Å²) in [4.78, 5) is 27.5. The lowest BCUT2D eigenvalue weighted by Crippen LogP contribution is -2.38. The summed E-state index contributed by atoms with van der Waals surface area (Å²) >= 11 is 0. The summed E-state index contributed by atoms with van der Waals surface area (Å²) in [7, 11) is -3.21. The number of sulfonamides is 1. The van der Waals surface area contributed by atoms with Gasteiger partial charge in [0, 0.05) is 31.2 Å². The van der Waals surface area contributed by atoms with Crippen LogP contribution in [-0.4, -0.2) is 48.4 Å². The number of rotatable bonds is 10. The van der Waals surface area contributed by atoms with Gasteiger partial charge in [-0.25, -0.2) is 12.7 Å². The number of nitrogens with zero attached hydrogens (tertiary/aromatic N) is 1. The van der Waals surface area contributed by atoms with Crippen LogP contribution >= 0.6 is 0 Å². The normalized spacial score (nSPS) is 14.8. The van der Waals surface area contributed by atoms with Crippen molar-refractivity contribution in [1.29, 1.82) is 0 Å². The van der Waals surface area contributed by atoms with Crippen LogP contribution in [0.2, 0.25) is 0 Å². The molecule has 9 nitrogen and oxygen atoms in total. The number of primary amides is 1. The van der Waals surface area contributed by atoms with Crippen molar-refractivity contribution in [2.45, 2.75) is 32.2 Å². The number of aromatic amines is 1. The van der Waals surface area contributed by atoms with E-state index in [2.05, 4.69) is 23.5 Å². The molecule has 0 saturated carbocycles. The molecule has 1 aliphatic heterocycles. The molecule has 1 saturated heterocycles. The molecule has 1 aromatic heterocycles. The van der Waals surface area contributed by atoms with Crippen LogP contribution in [0.3, 0.4) is 0 Å². The van der Waals surface area contributed by atoms with E-state index >= 15 is 0 Å². The summed E-state index contributed by atoms with van der Waals surface area (Å²) in [6.07, 6.45) is 4.45. The number of carbonyl (C=O) groups is 2. The summed E-state index contributed by atoms with van der Waals surface area (Å²) in [6.45, 7) is 9.83. The molecule has 4 N–H and O–H groups in total. The van der Waals surface area contributed by atoms with Crippen molar-refractivity contribution in [3.8, 4) is 11.1 Å². The van der Waals surface area contributed by atoms with E-state index in [4.69, 9.17) is 10.5 Å². The van der Waals surface area contributed by atoms with Gasteiger partial charge in [-0.15, -0.1) is 0 Å². The predicted molar refractivity (Wildman–Crippen MR) is 148 cm³/mol. The third kappa shape index (κ3) is 5.66. The van der Waals surface area contributed by atoms with Gasteiger partial charge in [0.2, 0.25) is 10.0 Å². The highest BCUT2D eigenvalue weighted by atomic mass is 32.2. The number of hydrogen-bond donors (Lipinski definition) is 3. The summed E-state index contributed by atoms with van der Waals surface area (Å²) in [5, 5.41) is 3.64. The van der Waals surface area contributed by atoms with Crippen LogP contribution in [0.25, 0.3) is 22.0 Å². The molecule has 0 unspecified atom stereocenters. The van der Waals surface area contributed by atoms with Crippen molar-refractivity contribution in [3.05, 3.63) is 84.5 Å². The maximum Gasteiger partial charge on any atom is 0.286 e. The van der Waals surface area contributed by atoms with Crippen molar-refractivity contribution in [1.82, 2.24) is 14.6 Å². The lowest BCUT2D eigenvalue weighted by atomic mass is 9.88. The number of H-pyrrole nitrogens is 1. The molecule has 1 aliphatic rings. The number of carbonyl (C=O) groups excluding carboxylic acids is 2. The van der Waals surface area contributed by atoms with Crippen LogP contribution in [0.1, 0.15) is 47.2 Å². The van der Waals surface area contributed by atoms with Crippen LogP contribution in [0.15, 0.2) is 67.8 Å². The largest absolute Gasteiger partial charge is 0.460 e. The van der Waals surface area contributed by atoms with Gasteiger partial charge in [-0.05, 0) is 60.1 Å². The van der Waals surface area contributed by atoms with E-state index in [0.717, 1.165) is 33.9 Å². The van der Waals surface area contributed by atoms with Crippen LogP contribution in [0.4, 0.5) is 0 Å². The Morgan fingerprint density at radius 3 is 2.47 bits per heavy atom. The molecule has 2 heterocycles. The van der Waals surface area contributed by atoms with E-state index in [1.165, 1.54) is 0 Å². The minimum atomic E-state index is -3.21. The lowest BCUT2D eigenvalue weighted by molar-refractivity contribution is -0.120. The Hall–Kier alpha value is -3.89. The number of piperidine rings is 1. The zero-order valence-electron chi connectivity index (χ0n) is 21.3. The highest BCUT2D eigenvalue weighted by Gasteiger charge is 2.29. The molecule has 38 heavy (non-hydrogen) atoms. The predicted octanol–water partition coefficient (Wildman–Crippen LogP) is 3.75. The molecule has 0 spiro atoms. The highest BCUT2D eigenvalue weighted by Crippen LogP contribution is 2.37. The van der Waals surface area contributed by atoms with Gasteiger partial charge in [0.05, 0.1) is 23.1 Å². The summed E-state index contributed by atoms with van der Waals surface area (Å²) in [5.74, 6) is -0.739. The molecule has 2 amide bonds. The van der Waals surface area contributed by atoms with E-state index in [9.17, 15) is 18.0 Å². The third-order valence-corrected chi connectivity index (χ3v) is 8.84. The summed E-state index contributed by atoms with van der Waals surface area (Å²) < 4.78 is 31.0. The first kappa shape index (κ1) is 27.2. The van der Waals surface area contributed by atoms with Crippen molar-refractivity contribution < 1.29 is 22.7 Å². The summed E-state index contributed by atoms with van der Waals surface area (Å²) in [6, 6.07) is 11.4. The maximum atomic E-state index is 12.3. The molecule has 1 fully saturated rings. The quantitative estimate of drug-likeness (QED) is 0.268. The van der Waals surface area contributed by atoms with E-state index in [0.29, 0.717) is 43.6 Å². The third-order valence-electron chi connectivity index (χ3n) is 6.96. The minimum Gasteiger partial charge on any atom is -0.460 e. The van der Waals surface area contributed by atoms with Gasteiger partial charge in [-0.1, -0.05) is 37.4 Å². The van der Waals surface area contributed by atoms with E-state index < -0.39 is 21.8 Å². The Morgan fingerprint density at radius 1 is 1.18 bits per heavy atom. The van der Waals surface area contributed by atoms with Crippen LogP contribution in [0, 0.1) is 0 Å². The average Bonchev–Trinajstić information content (AvgIpc) is 3.35. The van der Waals surface area contributed by atoms with Crippen LogP contribution < -0.4 is 11.1 Å². The van der Waals surface area contributed by atoms with Gasteiger partial charge in [0.15, 0.2) is 5.76 Å². The Bertz CT molecular complexity index is 1480. The first-order valence-corrected chi connectivity index (χ1v) is 14.0. The lowest BCUT2D eigenvalue weighted by Gasteiger charge is -2.31. The second-order valence-corrected chi connectivity index (χ2v) is 11.5. The number of nitrogens with two attached hydrogens (primary N) is 1. The number of aromatic nitrogens is 1. The van der Waals surface area contributed by atoms with Gasteiger partial charge in [0.25, 0.3) is 11.8 Å². The smallest absolute Gasteiger partial charge is 0.286 e. The molecule has 4 rings (SSSR count). The molecule has 0 atom stereocenters. The number of ether oxygens (including phenoxy) is 1. The second-order valence-electron chi connectivity index (χ2n) is 9.22. The zero-order valence-corrected chi connectivity index (χ0v) is 22.1. The fraction of sp³-hybridized carbons (Fsp3) is 0.286. The summed E-state index contributed by atoms with van der Waals surface area (Å²) in [5.41, 5.74) is 10.5. The zero-order chi connectivity index (χ0) is 27.4. The minimum absolute atomic E-state index is 0.0381.